The van der Waals surface area contributed by atoms with Gasteiger partial charge in [-0.2, -0.15) is 0 Å². The monoisotopic (exact) mass is 366 g/mol. The lowest BCUT2D eigenvalue weighted by Crippen LogP contribution is -2.28. The van der Waals surface area contributed by atoms with Crippen LogP contribution in [0, 0.1) is 12.8 Å². The number of aliphatic hydroxyl groups is 1. The average Bonchev–Trinajstić information content (AvgIpc) is 2.61. The van der Waals surface area contributed by atoms with Gasteiger partial charge in [0.2, 0.25) is 0 Å². The zero-order valence-corrected chi connectivity index (χ0v) is 14.9. The molecule has 0 radical (unpaired) electrons. The van der Waals surface area contributed by atoms with Crippen molar-refractivity contribution < 1.29 is 29.7 Å². The highest BCUT2D eigenvalue weighted by molar-refractivity contribution is 6.31. The van der Waals surface area contributed by atoms with E-state index in [1.165, 1.54) is 13.0 Å². The van der Waals surface area contributed by atoms with Crippen molar-refractivity contribution >= 4 is 17.3 Å². The number of phenols is 2. The van der Waals surface area contributed by atoms with Gasteiger partial charge in [0, 0.05) is 28.2 Å². The number of hydrogen-bond donors (Lipinski definition) is 3. The quantitative estimate of drug-likeness (QED) is 0.570. The van der Waals surface area contributed by atoms with Gasteiger partial charge in [0.15, 0.2) is 11.6 Å². The van der Waals surface area contributed by atoms with Gasteiger partial charge in [-0.25, -0.2) is 0 Å². The first-order chi connectivity index (χ1) is 12.7. The molecule has 0 bridgehead atoms. The summed E-state index contributed by atoms with van der Waals surface area (Å²) in [4.78, 5) is 37.8. The van der Waals surface area contributed by atoms with Crippen LogP contribution >= 0.6 is 0 Å². The van der Waals surface area contributed by atoms with E-state index in [-0.39, 0.29) is 52.0 Å². The molecule has 4 rings (SSSR count). The van der Waals surface area contributed by atoms with Crippen LogP contribution < -0.4 is 0 Å². The lowest BCUT2D eigenvalue weighted by molar-refractivity contribution is -0.122. The molecule has 0 unspecified atom stereocenters. The molecule has 27 heavy (non-hydrogen) atoms. The summed E-state index contributed by atoms with van der Waals surface area (Å²) in [6.45, 7) is 3.09. The van der Waals surface area contributed by atoms with Gasteiger partial charge in [0.05, 0.1) is 17.2 Å². The summed E-state index contributed by atoms with van der Waals surface area (Å²) in [6.07, 6.45) is -1.03. The first-order valence-electron chi connectivity index (χ1n) is 8.72. The Hall–Kier alpha value is -2.99. The highest BCUT2D eigenvalue weighted by Gasteiger charge is 2.42. The molecule has 3 N–H and O–H groups in total. The molecule has 138 valence electrons. The zero-order valence-electron chi connectivity index (χ0n) is 14.9. The molecule has 0 aromatic heterocycles. The molecule has 2 aromatic rings. The van der Waals surface area contributed by atoms with Crippen LogP contribution in [0.3, 0.4) is 0 Å². The lowest BCUT2D eigenvalue weighted by Gasteiger charge is -2.31. The number of phenolic OH excluding ortho intramolecular Hbond substituents is 2. The molecule has 0 amide bonds. The fourth-order valence-electron chi connectivity index (χ4n) is 4.25. The number of aromatic hydroxyl groups is 2. The summed E-state index contributed by atoms with van der Waals surface area (Å²) in [7, 11) is 0. The van der Waals surface area contributed by atoms with Crippen molar-refractivity contribution in [3.05, 3.63) is 57.1 Å². The van der Waals surface area contributed by atoms with Gasteiger partial charge in [-0.15, -0.1) is 0 Å². The molecule has 0 aliphatic heterocycles. The van der Waals surface area contributed by atoms with Crippen molar-refractivity contribution in [3.8, 4) is 11.5 Å². The molecule has 2 atom stereocenters. The van der Waals surface area contributed by atoms with Crippen LogP contribution in [0.25, 0.3) is 0 Å². The standard InChI is InChI=1S/C21H18O6/c1-8-4-3-5-11-14(8)20(26)17-16(18(11)24)19(25)12-6-10(9(2)22)7-13(23)15(12)21(17)27/h3-5,10,13,23,25,27H,6-7H2,1-2H3/t10-,13+/m1/s1. The van der Waals surface area contributed by atoms with Crippen molar-refractivity contribution in [1.82, 2.24) is 0 Å². The van der Waals surface area contributed by atoms with E-state index in [0.717, 1.165) is 0 Å². The van der Waals surface area contributed by atoms with Crippen molar-refractivity contribution in [3.63, 3.8) is 0 Å². The maximum absolute atomic E-state index is 13.1. The predicted molar refractivity (Wildman–Crippen MR) is 95.3 cm³/mol. The second kappa shape index (κ2) is 5.76. The second-order valence-corrected chi connectivity index (χ2v) is 7.26. The molecule has 0 heterocycles. The highest BCUT2D eigenvalue weighted by Crippen LogP contribution is 2.49. The Kier molecular flexibility index (Phi) is 3.71. The first-order valence-corrected chi connectivity index (χ1v) is 8.72. The van der Waals surface area contributed by atoms with Crippen LogP contribution in [-0.4, -0.2) is 32.7 Å². The Balaban J connectivity index is 2.03. The summed E-state index contributed by atoms with van der Waals surface area (Å²) in [5.41, 5.74) is 0.594. The third kappa shape index (κ3) is 2.26. The molecule has 6 nitrogen and oxygen atoms in total. The van der Waals surface area contributed by atoms with Gasteiger partial charge in [0.1, 0.15) is 17.3 Å². The molecule has 2 aliphatic carbocycles. The number of rotatable bonds is 1. The summed E-state index contributed by atoms with van der Waals surface area (Å²) < 4.78 is 0. The summed E-state index contributed by atoms with van der Waals surface area (Å²) in [6, 6.07) is 4.85. The van der Waals surface area contributed by atoms with Crippen molar-refractivity contribution in [1.29, 1.82) is 0 Å². The van der Waals surface area contributed by atoms with Crippen molar-refractivity contribution in [2.45, 2.75) is 32.8 Å². The van der Waals surface area contributed by atoms with Gasteiger partial charge in [-0.05, 0) is 32.3 Å². The van der Waals surface area contributed by atoms with Crippen molar-refractivity contribution in [2.24, 2.45) is 5.92 Å². The molecule has 2 aliphatic rings. The van der Waals surface area contributed by atoms with Crippen LogP contribution in [0.1, 0.15) is 68.0 Å². The van der Waals surface area contributed by atoms with Gasteiger partial charge in [0.25, 0.3) is 0 Å². The minimum atomic E-state index is -1.21. The predicted octanol–water partition coefficient (Wildman–Crippen LogP) is 2.37. The maximum Gasteiger partial charge on any atom is 0.198 e. The highest BCUT2D eigenvalue weighted by atomic mass is 16.3. The minimum Gasteiger partial charge on any atom is -0.507 e. The molecule has 0 spiro atoms. The molecule has 0 fully saturated rings. The van der Waals surface area contributed by atoms with E-state index < -0.39 is 35.1 Å². The number of carbonyl (C=O) groups excluding carboxylic acids is 3. The second-order valence-electron chi connectivity index (χ2n) is 7.26. The smallest absolute Gasteiger partial charge is 0.198 e. The number of fused-ring (bicyclic) bond motifs is 3. The Morgan fingerprint density at radius 1 is 1.04 bits per heavy atom. The van der Waals surface area contributed by atoms with Gasteiger partial charge in [-0.1, -0.05) is 18.2 Å². The maximum atomic E-state index is 13.1. The third-order valence-electron chi connectivity index (χ3n) is 5.65. The van der Waals surface area contributed by atoms with Crippen LogP contribution in [0.2, 0.25) is 0 Å². The van der Waals surface area contributed by atoms with Crippen LogP contribution in [0.15, 0.2) is 18.2 Å². The van der Waals surface area contributed by atoms with Gasteiger partial charge >= 0.3 is 0 Å². The van der Waals surface area contributed by atoms with Crippen LogP contribution in [0.5, 0.6) is 11.5 Å². The third-order valence-corrected chi connectivity index (χ3v) is 5.65. The minimum absolute atomic E-state index is 0.0296. The van der Waals surface area contributed by atoms with E-state index in [9.17, 15) is 29.7 Å². The Bertz CT molecular complexity index is 1050. The first kappa shape index (κ1) is 17.4. The number of benzene rings is 2. The molecular weight excluding hydrogens is 348 g/mol. The lowest BCUT2D eigenvalue weighted by atomic mass is 9.73. The van der Waals surface area contributed by atoms with Crippen LogP contribution in [-0.2, 0) is 11.2 Å². The van der Waals surface area contributed by atoms with E-state index in [4.69, 9.17) is 0 Å². The van der Waals surface area contributed by atoms with E-state index >= 15 is 0 Å². The normalized spacial score (nSPS) is 20.7. The Morgan fingerprint density at radius 2 is 1.70 bits per heavy atom. The number of ketones is 3. The number of carbonyl (C=O) groups is 3. The van der Waals surface area contributed by atoms with E-state index in [0.29, 0.717) is 5.56 Å². The van der Waals surface area contributed by atoms with Gasteiger partial charge in [-0.3, -0.25) is 14.4 Å². The average molecular weight is 366 g/mol. The number of aryl methyl sites for hydroxylation is 1. The van der Waals surface area contributed by atoms with Crippen LogP contribution in [0.4, 0.5) is 0 Å². The summed E-state index contributed by atoms with van der Waals surface area (Å²) in [5.74, 6) is -2.72. The fourth-order valence-corrected chi connectivity index (χ4v) is 4.25. The fraction of sp³-hybridized carbons (Fsp3) is 0.286. The summed E-state index contributed by atoms with van der Waals surface area (Å²) in [5, 5.41) is 32.0. The molecular formula is C21H18O6. The number of Topliss-reactive ketones (excluding diaryl/α,β-unsaturated/α-hetero) is 1. The van der Waals surface area contributed by atoms with E-state index in [1.807, 2.05) is 0 Å². The van der Waals surface area contributed by atoms with E-state index in [2.05, 4.69) is 0 Å². The topological polar surface area (TPSA) is 112 Å². The summed E-state index contributed by atoms with van der Waals surface area (Å²) >= 11 is 0. The molecule has 6 heteroatoms. The molecule has 2 aromatic carbocycles. The Morgan fingerprint density at radius 3 is 2.37 bits per heavy atom. The largest absolute Gasteiger partial charge is 0.507 e. The van der Waals surface area contributed by atoms with Crippen molar-refractivity contribution in [2.75, 3.05) is 0 Å². The molecule has 0 saturated carbocycles. The Labute approximate surface area is 155 Å². The zero-order chi connectivity index (χ0) is 19.6. The van der Waals surface area contributed by atoms with E-state index in [1.54, 1.807) is 19.1 Å². The molecule has 0 saturated heterocycles. The number of hydrogen-bond acceptors (Lipinski definition) is 6. The SMILES string of the molecule is CC(=O)[C@@H]1Cc2c(O)c3c(c(O)c2[C@@H](O)C1)C(=O)c1c(C)cccc1C3=O. The number of aliphatic hydroxyl groups excluding tert-OH is 1. The van der Waals surface area contributed by atoms with Gasteiger partial charge < -0.3 is 15.3 Å².